The van der Waals surface area contributed by atoms with Crippen molar-refractivity contribution in [2.45, 2.75) is 20.4 Å². The largest absolute Gasteiger partial charge is 0.361 e. The van der Waals surface area contributed by atoms with Crippen LogP contribution < -0.4 is 10.6 Å². The predicted octanol–water partition coefficient (Wildman–Crippen LogP) is 1.86. The lowest BCUT2D eigenvalue weighted by molar-refractivity contribution is 0.0953. The molecule has 1 aromatic carbocycles. The molecule has 1 heterocycles. The van der Waals surface area contributed by atoms with Crippen molar-refractivity contribution in [3.05, 3.63) is 52.9 Å². The summed E-state index contributed by atoms with van der Waals surface area (Å²) in [5.41, 5.74) is 2.28. The first-order valence-electron chi connectivity index (χ1n) is 7.73. The number of benzene rings is 1. The van der Waals surface area contributed by atoms with Crippen LogP contribution in [0.5, 0.6) is 0 Å². The second kappa shape index (κ2) is 8.14. The molecule has 128 valence electrons. The van der Waals surface area contributed by atoms with E-state index in [9.17, 15) is 9.59 Å². The zero-order valence-electron chi connectivity index (χ0n) is 14.1. The quantitative estimate of drug-likeness (QED) is 0.792. The first-order chi connectivity index (χ1) is 11.5. The average Bonchev–Trinajstić information content (AvgIpc) is 2.91. The fraction of sp³-hybridized carbons (Fsp3) is 0.353. The van der Waals surface area contributed by atoms with Crippen molar-refractivity contribution in [3.63, 3.8) is 0 Å². The molecule has 0 spiro atoms. The predicted molar refractivity (Wildman–Crippen MR) is 89.6 cm³/mol. The van der Waals surface area contributed by atoms with E-state index in [1.165, 1.54) is 0 Å². The molecule has 0 bridgehead atoms. The Bertz CT molecular complexity index is 678. The van der Waals surface area contributed by atoms with Gasteiger partial charge in [0.15, 0.2) is 0 Å². The number of hydrogen-bond acceptors (Lipinski definition) is 4. The third-order valence-electron chi connectivity index (χ3n) is 3.65. The van der Waals surface area contributed by atoms with Gasteiger partial charge in [-0.05, 0) is 26.0 Å². The minimum absolute atomic E-state index is 0.158. The Kier molecular flexibility index (Phi) is 5.95. The number of carbonyl (C=O) groups is 2. The topological polar surface area (TPSA) is 87.5 Å². The zero-order chi connectivity index (χ0) is 17.5. The van der Waals surface area contributed by atoms with Crippen molar-refractivity contribution < 1.29 is 14.1 Å². The van der Waals surface area contributed by atoms with Gasteiger partial charge in [0, 0.05) is 31.3 Å². The molecule has 24 heavy (non-hydrogen) atoms. The summed E-state index contributed by atoms with van der Waals surface area (Å²) in [5.74, 6) is 0.552. The maximum absolute atomic E-state index is 12.1. The highest BCUT2D eigenvalue weighted by molar-refractivity contribution is 5.94. The molecule has 2 N–H and O–H groups in total. The number of carbonyl (C=O) groups excluding carboxylic acids is 2. The Morgan fingerprint density at radius 1 is 1.12 bits per heavy atom. The Morgan fingerprint density at radius 2 is 1.79 bits per heavy atom. The van der Waals surface area contributed by atoms with Crippen molar-refractivity contribution in [1.82, 2.24) is 20.7 Å². The molecule has 0 radical (unpaired) electrons. The Balaban J connectivity index is 1.72. The molecular weight excluding hydrogens is 308 g/mol. The lowest BCUT2D eigenvalue weighted by Gasteiger charge is -2.18. The van der Waals surface area contributed by atoms with Gasteiger partial charge in [0.05, 0.1) is 12.2 Å². The van der Waals surface area contributed by atoms with E-state index in [1.807, 2.05) is 19.9 Å². The van der Waals surface area contributed by atoms with Crippen molar-refractivity contribution in [3.8, 4) is 0 Å². The van der Waals surface area contributed by atoms with Gasteiger partial charge in [-0.1, -0.05) is 23.4 Å². The molecule has 0 aliphatic heterocycles. The number of nitrogens with one attached hydrogen (secondary N) is 2. The van der Waals surface area contributed by atoms with E-state index in [0.717, 1.165) is 11.3 Å². The SMILES string of the molecule is Cc1noc(C)c1CN(C)C(=O)NCCNC(=O)c1ccccc1. The van der Waals surface area contributed by atoms with Gasteiger partial charge in [-0.3, -0.25) is 4.79 Å². The lowest BCUT2D eigenvalue weighted by Crippen LogP contribution is -2.41. The van der Waals surface area contributed by atoms with Crippen LogP contribution in [-0.4, -0.2) is 42.1 Å². The molecule has 0 saturated carbocycles. The van der Waals surface area contributed by atoms with Crippen LogP contribution in [0.25, 0.3) is 0 Å². The van der Waals surface area contributed by atoms with Gasteiger partial charge < -0.3 is 20.1 Å². The molecule has 7 heteroatoms. The van der Waals surface area contributed by atoms with Crippen LogP contribution in [0.2, 0.25) is 0 Å². The van der Waals surface area contributed by atoms with Crippen LogP contribution in [0.1, 0.15) is 27.4 Å². The molecule has 7 nitrogen and oxygen atoms in total. The first kappa shape index (κ1) is 17.5. The van der Waals surface area contributed by atoms with Gasteiger partial charge in [0.25, 0.3) is 5.91 Å². The first-order valence-corrected chi connectivity index (χ1v) is 7.73. The molecule has 0 saturated heterocycles. The molecular formula is C17H22N4O3. The van der Waals surface area contributed by atoms with Gasteiger partial charge in [-0.2, -0.15) is 0 Å². The van der Waals surface area contributed by atoms with Crippen LogP contribution in [0.3, 0.4) is 0 Å². The van der Waals surface area contributed by atoms with Gasteiger partial charge in [-0.15, -0.1) is 0 Å². The molecule has 2 aromatic rings. The van der Waals surface area contributed by atoms with E-state index in [4.69, 9.17) is 4.52 Å². The van der Waals surface area contributed by atoms with Crippen molar-refractivity contribution in [2.24, 2.45) is 0 Å². The number of urea groups is 1. The minimum Gasteiger partial charge on any atom is -0.361 e. The van der Waals surface area contributed by atoms with E-state index in [-0.39, 0.29) is 11.9 Å². The van der Waals surface area contributed by atoms with Gasteiger partial charge in [-0.25, -0.2) is 4.79 Å². The van der Waals surface area contributed by atoms with Gasteiger partial charge in [0.2, 0.25) is 0 Å². The third kappa shape index (κ3) is 4.58. The van der Waals surface area contributed by atoms with E-state index >= 15 is 0 Å². The van der Waals surface area contributed by atoms with Gasteiger partial charge >= 0.3 is 6.03 Å². The summed E-state index contributed by atoms with van der Waals surface area (Å²) >= 11 is 0. The number of amides is 3. The normalized spacial score (nSPS) is 10.3. The smallest absolute Gasteiger partial charge is 0.317 e. The highest BCUT2D eigenvalue weighted by Crippen LogP contribution is 2.14. The van der Waals surface area contributed by atoms with Crippen LogP contribution in [0.15, 0.2) is 34.9 Å². The molecule has 0 fully saturated rings. The average molecular weight is 330 g/mol. The summed E-state index contributed by atoms with van der Waals surface area (Å²) in [7, 11) is 1.70. The highest BCUT2D eigenvalue weighted by atomic mass is 16.5. The summed E-state index contributed by atoms with van der Waals surface area (Å²) in [6.45, 7) is 4.79. The second-order valence-corrected chi connectivity index (χ2v) is 5.51. The van der Waals surface area contributed by atoms with Crippen molar-refractivity contribution >= 4 is 11.9 Å². The fourth-order valence-electron chi connectivity index (χ4n) is 2.21. The maximum Gasteiger partial charge on any atom is 0.317 e. The molecule has 1 aromatic heterocycles. The summed E-state index contributed by atoms with van der Waals surface area (Å²) in [4.78, 5) is 25.5. The Morgan fingerprint density at radius 3 is 2.42 bits per heavy atom. The minimum atomic E-state index is -0.219. The number of nitrogens with zero attached hydrogens (tertiary/aromatic N) is 2. The Hall–Kier alpha value is -2.83. The van der Waals surface area contributed by atoms with Crippen LogP contribution >= 0.6 is 0 Å². The second-order valence-electron chi connectivity index (χ2n) is 5.51. The van der Waals surface area contributed by atoms with Crippen molar-refractivity contribution in [2.75, 3.05) is 20.1 Å². The molecule has 0 aliphatic rings. The van der Waals surface area contributed by atoms with Gasteiger partial charge in [0.1, 0.15) is 5.76 Å². The van der Waals surface area contributed by atoms with Crippen molar-refractivity contribution in [1.29, 1.82) is 0 Å². The van der Waals surface area contributed by atoms with E-state index in [0.29, 0.717) is 31.0 Å². The summed E-state index contributed by atoms with van der Waals surface area (Å²) in [6.07, 6.45) is 0. The standard InChI is InChI=1S/C17H22N4O3/c1-12-15(13(2)24-20-12)11-21(3)17(23)19-10-9-18-16(22)14-7-5-4-6-8-14/h4-8H,9-11H2,1-3H3,(H,18,22)(H,19,23). The van der Waals surface area contributed by atoms with E-state index in [2.05, 4.69) is 15.8 Å². The summed E-state index contributed by atoms with van der Waals surface area (Å²) in [5, 5.41) is 9.39. The number of aromatic nitrogens is 1. The summed E-state index contributed by atoms with van der Waals surface area (Å²) < 4.78 is 5.09. The third-order valence-corrected chi connectivity index (χ3v) is 3.65. The van der Waals surface area contributed by atoms with Crippen LogP contribution in [-0.2, 0) is 6.54 Å². The lowest BCUT2D eigenvalue weighted by atomic mass is 10.2. The van der Waals surface area contributed by atoms with E-state index < -0.39 is 0 Å². The molecule has 0 unspecified atom stereocenters. The highest BCUT2D eigenvalue weighted by Gasteiger charge is 2.15. The maximum atomic E-state index is 12.1. The summed E-state index contributed by atoms with van der Waals surface area (Å²) in [6, 6.07) is 8.73. The monoisotopic (exact) mass is 330 g/mol. The zero-order valence-corrected chi connectivity index (χ0v) is 14.1. The van der Waals surface area contributed by atoms with Crippen LogP contribution in [0, 0.1) is 13.8 Å². The fourth-order valence-corrected chi connectivity index (χ4v) is 2.21. The number of rotatable bonds is 6. The number of aryl methyl sites for hydroxylation is 2. The molecule has 3 amide bonds. The van der Waals surface area contributed by atoms with Crippen LogP contribution in [0.4, 0.5) is 4.79 Å². The van der Waals surface area contributed by atoms with E-state index in [1.54, 1.807) is 36.2 Å². The molecule has 0 aliphatic carbocycles. The molecule has 2 rings (SSSR count). The molecule has 0 atom stereocenters. The Labute approximate surface area is 141 Å². The number of hydrogen-bond donors (Lipinski definition) is 2.